The van der Waals surface area contributed by atoms with Crippen LogP contribution >= 0.6 is 0 Å². The second kappa shape index (κ2) is 7.44. The molecule has 126 valence electrons. The summed E-state index contributed by atoms with van der Waals surface area (Å²) in [6.45, 7) is 0. The topological polar surface area (TPSA) is 68.5 Å². The molecular formula is C19H18N4O2. The van der Waals surface area contributed by atoms with Crippen LogP contribution < -0.4 is 10.1 Å². The molecule has 0 saturated carbocycles. The van der Waals surface area contributed by atoms with Gasteiger partial charge in [0.05, 0.1) is 13.3 Å². The SMILES string of the molecule is COc1ccc(C=Nc2cnn(C)c2C(=O)Nc2ccccc2)cc1. The van der Waals surface area contributed by atoms with Gasteiger partial charge in [-0.05, 0) is 42.0 Å². The van der Waals surface area contributed by atoms with Crippen LogP contribution in [0.1, 0.15) is 16.1 Å². The molecule has 0 fully saturated rings. The van der Waals surface area contributed by atoms with E-state index >= 15 is 0 Å². The number of rotatable bonds is 5. The average molecular weight is 334 g/mol. The summed E-state index contributed by atoms with van der Waals surface area (Å²) in [5, 5.41) is 6.99. The highest BCUT2D eigenvalue weighted by Gasteiger charge is 2.16. The number of hydrogen-bond acceptors (Lipinski definition) is 4. The molecule has 0 unspecified atom stereocenters. The molecule has 25 heavy (non-hydrogen) atoms. The van der Waals surface area contributed by atoms with Crippen molar-refractivity contribution in [3.8, 4) is 5.75 Å². The van der Waals surface area contributed by atoms with E-state index < -0.39 is 0 Å². The van der Waals surface area contributed by atoms with E-state index in [1.165, 1.54) is 4.68 Å². The number of carbonyl (C=O) groups is 1. The minimum Gasteiger partial charge on any atom is -0.497 e. The van der Waals surface area contributed by atoms with Gasteiger partial charge in [-0.15, -0.1) is 0 Å². The van der Waals surface area contributed by atoms with E-state index in [2.05, 4.69) is 15.4 Å². The van der Waals surface area contributed by atoms with Gasteiger partial charge >= 0.3 is 0 Å². The van der Waals surface area contributed by atoms with Gasteiger partial charge in [0.1, 0.15) is 11.4 Å². The van der Waals surface area contributed by atoms with Crippen LogP contribution in [-0.2, 0) is 7.05 Å². The normalized spacial score (nSPS) is 10.8. The maximum atomic E-state index is 12.5. The number of ether oxygens (including phenoxy) is 1. The van der Waals surface area contributed by atoms with Crippen LogP contribution in [0.4, 0.5) is 11.4 Å². The number of nitrogens with zero attached hydrogens (tertiary/aromatic N) is 3. The molecule has 0 aliphatic carbocycles. The molecule has 0 aliphatic heterocycles. The number of para-hydroxylation sites is 1. The largest absolute Gasteiger partial charge is 0.497 e. The average Bonchev–Trinajstić information content (AvgIpc) is 3.02. The number of aromatic nitrogens is 2. The van der Waals surface area contributed by atoms with E-state index in [1.54, 1.807) is 26.6 Å². The summed E-state index contributed by atoms with van der Waals surface area (Å²) in [4.78, 5) is 17.0. The summed E-state index contributed by atoms with van der Waals surface area (Å²) in [5.74, 6) is 0.523. The fraction of sp³-hybridized carbons (Fsp3) is 0.105. The Bertz CT molecular complexity index is 884. The number of nitrogens with one attached hydrogen (secondary N) is 1. The second-order valence-corrected chi connectivity index (χ2v) is 5.35. The lowest BCUT2D eigenvalue weighted by Gasteiger charge is -2.06. The first kappa shape index (κ1) is 16.4. The van der Waals surface area contributed by atoms with Crippen LogP contribution in [0.15, 0.2) is 65.8 Å². The van der Waals surface area contributed by atoms with Crippen LogP contribution in [0.2, 0.25) is 0 Å². The highest BCUT2D eigenvalue weighted by molar-refractivity contribution is 6.06. The van der Waals surface area contributed by atoms with Gasteiger partial charge in [0.15, 0.2) is 5.69 Å². The highest BCUT2D eigenvalue weighted by Crippen LogP contribution is 2.20. The zero-order valence-corrected chi connectivity index (χ0v) is 14.0. The highest BCUT2D eigenvalue weighted by atomic mass is 16.5. The predicted molar refractivity (Wildman–Crippen MR) is 97.9 cm³/mol. The van der Waals surface area contributed by atoms with Gasteiger partial charge in [-0.1, -0.05) is 18.2 Å². The lowest BCUT2D eigenvalue weighted by atomic mass is 10.2. The molecule has 3 rings (SSSR count). The van der Waals surface area contributed by atoms with Crippen molar-refractivity contribution in [2.24, 2.45) is 12.0 Å². The van der Waals surface area contributed by atoms with Crippen molar-refractivity contribution in [1.29, 1.82) is 0 Å². The van der Waals surface area contributed by atoms with Crippen molar-refractivity contribution in [2.45, 2.75) is 0 Å². The molecule has 2 aromatic carbocycles. The van der Waals surface area contributed by atoms with Crippen LogP contribution in [0.5, 0.6) is 5.75 Å². The first-order valence-corrected chi connectivity index (χ1v) is 7.74. The van der Waals surface area contributed by atoms with Crippen LogP contribution in [-0.4, -0.2) is 29.0 Å². The Morgan fingerprint density at radius 1 is 1.16 bits per heavy atom. The number of amides is 1. The van der Waals surface area contributed by atoms with E-state index in [4.69, 9.17) is 4.74 Å². The summed E-state index contributed by atoms with van der Waals surface area (Å²) in [6.07, 6.45) is 3.26. The molecule has 3 aromatic rings. The Balaban J connectivity index is 1.81. The first-order chi connectivity index (χ1) is 12.2. The zero-order chi connectivity index (χ0) is 17.6. The molecule has 6 heteroatoms. The Labute approximate surface area is 145 Å². The van der Waals surface area contributed by atoms with Gasteiger partial charge in [0.2, 0.25) is 0 Å². The Morgan fingerprint density at radius 2 is 1.88 bits per heavy atom. The molecule has 1 N–H and O–H groups in total. The fourth-order valence-electron chi connectivity index (χ4n) is 2.33. The van der Waals surface area contributed by atoms with Crippen molar-refractivity contribution in [2.75, 3.05) is 12.4 Å². The molecule has 1 amide bonds. The van der Waals surface area contributed by atoms with Crippen molar-refractivity contribution >= 4 is 23.5 Å². The van der Waals surface area contributed by atoms with Crippen molar-refractivity contribution in [3.05, 3.63) is 72.1 Å². The molecule has 0 saturated heterocycles. The van der Waals surface area contributed by atoms with E-state index in [-0.39, 0.29) is 5.91 Å². The maximum Gasteiger partial charge on any atom is 0.276 e. The second-order valence-electron chi connectivity index (χ2n) is 5.35. The molecule has 1 heterocycles. The number of hydrogen-bond donors (Lipinski definition) is 1. The number of carbonyl (C=O) groups excluding carboxylic acids is 1. The van der Waals surface area contributed by atoms with Crippen LogP contribution in [0.25, 0.3) is 0 Å². The summed E-state index contributed by atoms with van der Waals surface area (Å²) in [5.41, 5.74) is 2.53. The maximum absolute atomic E-state index is 12.5. The molecular weight excluding hydrogens is 316 g/mol. The van der Waals surface area contributed by atoms with E-state index in [0.717, 1.165) is 17.0 Å². The van der Waals surface area contributed by atoms with Crippen molar-refractivity contribution in [1.82, 2.24) is 9.78 Å². The summed E-state index contributed by atoms with van der Waals surface area (Å²) in [6, 6.07) is 16.8. The zero-order valence-electron chi connectivity index (χ0n) is 14.0. The van der Waals surface area contributed by atoms with Gasteiger partial charge in [-0.3, -0.25) is 14.5 Å². The minimum absolute atomic E-state index is 0.256. The van der Waals surface area contributed by atoms with Crippen LogP contribution in [0.3, 0.4) is 0 Å². The molecule has 6 nitrogen and oxygen atoms in total. The summed E-state index contributed by atoms with van der Waals surface area (Å²) < 4.78 is 6.64. The van der Waals surface area contributed by atoms with Crippen molar-refractivity contribution in [3.63, 3.8) is 0 Å². The Hall–Kier alpha value is -3.41. The van der Waals surface area contributed by atoms with Gasteiger partial charge in [-0.25, -0.2) is 0 Å². The van der Waals surface area contributed by atoms with E-state index in [0.29, 0.717) is 11.4 Å². The summed E-state index contributed by atoms with van der Waals surface area (Å²) in [7, 11) is 3.34. The van der Waals surface area contributed by atoms with Gasteiger partial charge in [-0.2, -0.15) is 5.10 Å². The predicted octanol–water partition coefficient (Wildman–Crippen LogP) is 3.43. The lowest BCUT2D eigenvalue weighted by molar-refractivity contribution is 0.101. The molecule has 0 spiro atoms. The molecule has 0 atom stereocenters. The standard InChI is InChI=1S/C19H18N4O2/c1-23-18(19(24)22-15-6-4-3-5-7-15)17(13-21-23)20-12-14-8-10-16(25-2)11-9-14/h3-13H,1-2H3,(H,22,24). The molecule has 0 radical (unpaired) electrons. The number of aliphatic imine (C=N–C) groups is 1. The first-order valence-electron chi connectivity index (χ1n) is 7.74. The van der Waals surface area contributed by atoms with Gasteiger partial charge < -0.3 is 10.1 Å². The van der Waals surface area contributed by atoms with Gasteiger partial charge in [0, 0.05) is 18.9 Å². The summed E-state index contributed by atoms with van der Waals surface area (Å²) >= 11 is 0. The number of benzene rings is 2. The number of anilines is 1. The minimum atomic E-state index is -0.256. The third-order valence-corrected chi connectivity index (χ3v) is 3.63. The number of methoxy groups -OCH3 is 1. The van der Waals surface area contributed by atoms with E-state index in [9.17, 15) is 4.79 Å². The Morgan fingerprint density at radius 3 is 2.56 bits per heavy atom. The number of aryl methyl sites for hydroxylation is 1. The smallest absolute Gasteiger partial charge is 0.276 e. The third kappa shape index (κ3) is 3.92. The molecule has 0 bridgehead atoms. The monoisotopic (exact) mass is 334 g/mol. The Kier molecular flexibility index (Phi) is 4.89. The molecule has 1 aromatic heterocycles. The fourth-order valence-corrected chi connectivity index (χ4v) is 2.33. The van der Waals surface area contributed by atoms with Gasteiger partial charge in [0.25, 0.3) is 5.91 Å². The van der Waals surface area contributed by atoms with E-state index in [1.807, 2.05) is 54.6 Å². The molecule has 0 aliphatic rings. The quantitative estimate of drug-likeness (QED) is 0.727. The third-order valence-electron chi connectivity index (χ3n) is 3.63. The van der Waals surface area contributed by atoms with Crippen LogP contribution in [0, 0.1) is 0 Å². The lowest BCUT2D eigenvalue weighted by Crippen LogP contribution is -2.16. The van der Waals surface area contributed by atoms with Crippen molar-refractivity contribution < 1.29 is 9.53 Å².